The van der Waals surface area contributed by atoms with E-state index >= 15 is 0 Å². The van der Waals surface area contributed by atoms with Crippen LogP contribution in [0.2, 0.25) is 0 Å². The highest BCUT2D eigenvalue weighted by Gasteiger charge is 2.14. The Labute approximate surface area is 102 Å². The van der Waals surface area contributed by atoms with Gasteiger partial charge in [-0.3, -0.25) is 9.88 Å². The quantitative estimate of drug-likeness (QED) is 0.747. The summed E-state index contributed by atoms with van der Waals surface area (Å²) >= 11 is 5.78. The maximum Gasteiger partial charge on any atom is 0.0647 e. The van der Waals surface area contributed by atoms with E-state index in [1.54, 1.807) is 0 Å². The summed E-state index contributed by atoms with van der Waals surface area (Å²) in [5.74, 6) is 0.497. The lowest BCUT2D eigenvalue weighted by Gasteiger charge is -2.32. The van der Waals surface area contributed by atoms with Crippen LogP contribution in [-0.2, 0) is 12.4 Å². The van der Waals surface area contributed by atoms with Crippen molar-refractivity contribution in [2.75, 3.05) is 33.2 Å². The molecule has 1 saturated heterocycles. The predicted octanol–water partition coefficient (Wildman–Crippen LogP) is 1.57. The molecule has 2 rings (SSSR count). The highest BCUT2D eigenvalue weighted by Crippen LogP contribution is 2.07. The highest BCUT2D eigenvalue weighted by molar-refractivity contribution is 6.16. The van der Waals surface area contributed by atoms with E-state index in [-0.39, 0.29) is 0 Å². The third-order valence-electron chi connectivity index (χ3n) is 2.98. The van der Waals surface area contributed by atoms with Crippen LogP contribution in [0.3, 0.4) is 0 Å². The van der Waals surface area contributed by atoms with Crippen LogP contribution in [0.4, 0.5) is 0 Å². The molecule has 1 aromatic rings. The van der Waals surface area contributed by atoms with Crippen LogP contribution in [0, 0.1) is 0 Å². The normalized spacial score (nSPS) is 18.9. The Morgan fingerprint density at radius 2 is 1.88 bits per heavy atom. The molecule has 0 aromatic carbocycles. The van der Waals surface area contributed by atoms with E-state index in [4.69, 9.17) is 11.6 Å². The predicted molar refractivity (Wildman–Crippen MR) is 66.6 cm³/mol. The van der Waals surface area contributed by atoms with Crippen molar-refractivity contribution < 1.29 is 0 Å². The molecule has 0 aliphatic carbocycles. The minimum Gasteiger partial charge on any atom is -0.304 e. The number of rotatable bonds is 3. The topological polar surface area (TPSA) is 19.4 Å². The van der Waals surface area contributed by atoms with Crippen molar-refractivity contribution in [3.05, 3.63) is 29.6 Å². The van der Waals surface area contributed by atoms with Gasteiger partial charge in [0.1, 0.15) is 0 Å². The van der Waals surface area contributed by atoms with Gasteiger partial charge < -0.3 is 4.90 Å². The first kappa shape index (κ1) is 11.8. The minimum atomic E-state index is 0.497. The van der Waals surface area contributed by atoms with Gasteiger partial charge in [0.2, 0.25) is 0 Å². The molecule has 88 valence electrons. The smallest absolute Gasteiger partial charge is 0.0647 e. The van der Waals surface area contributed by atoms with Gasteiger partial charge in [0.05, 0.1) is 17.3 Å². The van der Waals surface area contributed by atoms with Gasteiger partial charge in [0.15, 0.2) is 0 Å². The summed E-state index contributed by atoms with van der Waals surface area (Å²) in [5.41, 5.74) is 2.09. The van der Waals surface area contributed by atoms with Crippen molar-refractivity contribution in [2.24, 2.45) is 0 Å². The molecule has 4 heteroatoms. The summed E-state index contributed by atoms with van der Waals surface area (Å²) in [6.07, 6.45) is 0. The largest absolute Gasteiger partial charge is 0.304 e. The molecular weight excluding hydrogens is 222 g/mol. The average Bonchev–Trinajstić information content (AvgIpc) is 2.32. The first-order valence-corrected chi connectivity index (χ1v) is 6.23. The number of piperazine rings is 1. The van der Waals surface area contributed by atoms with Crippen molar-refractivity contribution in [3.63, 3.8) is 0 Å². The minimum absolute atomic E-state index is 0.497. The average molecular weight is 240 g/mol. The summed E-state index contributed by atoms with van der Waals surface area (Å²) in [6.45, 7) is 5.50. The van der Waals surface area contributed by atoms with Crippen LogP contribution < -0.4 is 0 Å². The lowest BCUT2D eigenvalue weighted by molar-refractivity contribution is 0.147. The van der Waals surface area contributed by atoms with Crippen LogP contribution in [0.15, 0.2) is 18.2 Å². The van der Waals surface area contributed by atoms with Gasteiger partial charge in [0.25, 0.3) is 0 Å². The van der Waals surface area contributed by atoms with Gasteiger partial charge in [-0.15, -0.1) is 11.6 Å². The number of pyridine rings is 1. The van der Waals surface area contributed by atoms with Crippen LogP contribution in [-0.4, -0.2) is 48.0 Å². The van der Waals surface area contributed by atoms with E-state index < -0.39 is 0 Å². The molecule has 16 heavy (non-hydrogen) atoms. The molecule has 0 spiro atoms. The molecule has 0 bridgehead atoms. The lowest BCUT2D eigenvalue weighted by Crippen LogP contribution is -2.44. The van der Waals surface area contributed by atoms with E-state index in [1.165, 1.54) is 0 Å². The van der Waals surface area contributed by atoms with Crippen molar-refractivity contribution in [1.29, 1.82) is 0 Å². The summed E-state index contributed by atoms with van der Waals surface area (Å²) in [4.78, 5) is 9.32. The van der Waals surface area contributed by atoms with E-state index in [9.17, 15) is 0 Å². The number of hydrogen-bond donors (Lipinski definition) is 0. The zero-order valence-corrected chi connectivity index (χ0v) is 10.5. The molecule has 2 heterocycles. The Balaban J connectivity index is 1.93. The number of halogens is 1. The van der Waals surface area contributed by atoms with Crippen LogP contribution in [0.25, 0.3) is 0 Å². The fraction of sp³-hybridized carbons (Fsp3) is 0.583. The Kier molecular flexibility index (Phi) is 4.16. The lowest BCUT2D eigenvalue weighted by atomic mass is 10.2. The molecule has 0 saturated carbocycles. The molecule has 1 aliphatic rings. The van der Waals surface area contributed by atoms with E-state index in [2.05, 4.69) is 27.9 Å². The maximum absolute atomic E-state index is 5.78. The summed E-state index contributed by atoms with van der Waals surface area (Å²) in [7, 11) is 2.17. The fourth-order valence-corrected chi connectivity index (χ4v) is 2.08. The van der Waals surface area contributed by atoms with Crippen molar-refractivity contribution in [2.45, 2.75) is 12.4 Å². The zero-order chi connectivity index (χ0) is 11.4. The Morgan fingerprint density at radius 1 is 1.19 bits per heavy atom. The fourth-order valence-electron chi connectivity index (χ4n) is 1.93. The zero-order valence-electron chi connectivity index (χ0n) is 9.69. The van der Waals surface area contributed by atoms with Crippen LogP contribution >= 0.6 is 11.6 Å². The van der Waals surface area contributed by atoms with Gasteiger partial charge in [-0.05, 0) is 19.2 Å². The number of hydrogen-bond acceptors (Lipinski definition) is 3. The molecule has 1 aromatic heterocycles. The summed E-state index contributed by atoms with van der Waals surface area (Å²) in [5, 5.41) is 0. The highest BCUT2D eigenvalue weighted by atomic mass is 35.5. The molecule has 0 unspecified atom stereocenters. The first-order chi connectivity index (χ1) is 7.78. The molecular formula is C12H18ClN3. The molecule has 3 nitrogen and oxygen atoms in total. The molecule has 1 aliphatic heterocycles. The van der Waals surface area contributed by atoms with Gasteiger partial charge in [-0.25, -0.2) is 0 Å². The summed E-state index contributed by atoms with van der Waals surface area (Å²) < 4.78 is 0. The van der Waals surface area contributed by atoms with Crippen LogP contribution in [0.5, 0.6) is 0 Å². The first-order valence-electron chi connectivity index (χ1n) is 5.69. The number of alkyl halides is 1. The van der Waals surface area contributed by atoms with Gasteiger partial charge >= 0.3 is 0 Å². The summed E-state index contributed by atoms with van der Waals surface area (Å²) in [6, 6.07) is 6.09. The third kappa shape index (κ3) is 3.17. The standard InChI is InChI=1S/C12H18ClN3/c1-15-5-7-16(8-6-15)10-12-4-2-3-11(9-13)14-12/h2-4H,5-10H2,1H3. The Hall–Kier alpha value is -0.640. The third-order valence-corrected chi connectivity index (χ3v) is 3.26. The van der Waals surface area contributed by atoms with Crippen molar-refractivity contribution >= 4 is 11.6 Å². The molecule has 0 atom stereocenters. The second-order valence-corrected chi connectivity index (χ2v) is 4.60. The number of aromatic nitrogens is 1. The molecule has 0 radical (unpaired) electrons. The van der Waals surface area contributed by atoms with Gasteiger partial charge in [0, 0.05) is 32.7 Å². The second kappa shape index (κ2) is 5.62. The number of nitrogens with zero attached hydrogens (tertiary/aromatic N) is 3. The maximum atomic E-state index is 5.78. The van der Waals surface area contributed by atoms with Crippen molar-refractivity contribution in [3.8, 4) is 0 Å². The van der Waals surface area contributed by atoms with Gasteiger partial charge in [-0.1, -0.05) is 6.07 Å². The van der Waals surface area contributed by atoms with Gasteiger partial charge in [-0.2, -0.15) is 0 Å². The van der Waals surface area contributed by atoms with E-state index in [1.807, 2.05) is 12.1 Å². The Morgan fingerprint density at radius 3 is 2.56 bits per heavy atom. The molecule has 1 fully saturated rings. The van der Waals surface area contributed by atoms with Crippen LogP contribution in [0.1, 0.15) is 11.4 Å². The van der Waals surface area contributed by atoms with E-state index in [0.29, 0.717) is 5.88 Å². The van der Waals surface area contributed by atoms with E-state index in [0.717, 1.165) is 44.1 Å². The molecule has 0 N–H and O–H groups in total. The van der Waals surface area contributed by atoms with Crippen molar-refractivity contribution in [1.82, 2.24) is 14.8 Å². The number of likely N-dealkylation sites (N-methyl/N-ethyl adjacent to an activating group) is 1. The monoisotopic (exact) mass is 239 g/mol. The SMILES string of the molecule is CN1CCN(Cc2cccc(CCl)n2)CC1. The second-order valence-electron chi connectivity index (χ2n) is 4.33. The Bertz CT molecular complexity index is 335. The molecule has 0 amide bonds.